The Hall–Kier alpha value is -3.28. The molecule has 0 saturated carbocycles. The molecule has 2 aliphatic carbocycles. The number of amides is 3. The SMILES string of the molecule is CCN(C(=O)OC(C)(C)C)[C@H]1COc2c(S(=O)(=O)NC(=O)Nc3c4c(cc5c3CCC5)CCC4)cnn2C1. The summed E-state index contributed by atoms with van der Waals surface area (Å²) in [6.45, 7) is 7.89. The monoisotopic (exact) mass is 545 g/mol. The Bertz CT molecular complexity index is 1350. The Balaban J connectivity index is 1.30. The first-order valence-corrected chi connectivity index (χ1v) is 14.6. The fourth-order valence-corrected chi connectivity index (χ4v) is 6.56. The summed E-state index contributed by atoms with van der Waals surface area (Å²) in [5.74, 6) is 0.0308. The second-order valence-electron chi connectivity index (χ2n) is 11.0. The van der Waals surface area contributed by atoms with Gasteiger partial charge in [-0.05, 0) is 88.5 Å². The number of likely N-dealkylation sites (N-methyl/N-ethyl adjacent to an activating group) is 1. The van der Waals surface area contributed by atoms with Crippen LogP contribution in [0.25, 0.3) is 0 Å². The minimum absolute atomic E-state index is 0.0308. The second kappa shape index (κ2) is 9.79. The molecule has 0 radical (unpaired) electrons. The number of urea groups is 1. The molecule has 1 aromatic heterocycles. The van der Waals surface area contributed by atoms with E-state index in [1.54, 1.807) is 20.8 Å². The second-order valence-corrected chi connectivity index (χ2v) is 12.7. The molecule has 1 aliphatic heterocycles. The molecule has 1 aromatic carbocycles. The van der Waals surface area contributed by atoms with E-state index in [1.807, 2.05) is 6.92 Å². The Kier molecular flexibility index (Phi) is 6.79. The third-order valence-corrected chi connectivity index (χ3v) is 8.51. The molecule has 2 N–H and O–H groups in total. The number of aromatic nitrogens is 2. The van der Waals surface area contributed by atoms with Crippen molar-refractivity contribution in [2.45, 2.75) is 89.3 Å². The van der Waals surface area contributed by atoms with E-state index in [-0.39, 0.29) is 23.9 Å². The summed E-state index contributed by atoms with van der Waals surface area (Å²) < 4.78 is 41.2. The topological polar surface area (TPSA) is 132 Å². The van der Waals surface area contributed by atoms with Gasteiger partial charge in [-0.25, -0.2) is 27.4 Å². The van der Waals surface area contributed by atoms with Gasteiger partial charge in [0, 0.05) is 12.2 Å². The van der Waals surface area contributed by atoms with E-state index in [9.17, 15) is 18.0 Å². The van der Waals surface area contributed by atoms with Crippen molar-refractivity contribution in [1.29, 1.82) is 0 Å². The molecule has 3 aliphatic rings. The molecule has 2 heterocycles. The van der Waals surface area contributed by atoms with Gasteiger partial charge in [0.2, 0.25) is 5.88 Å². The molecule has 5 rings (SSSR count). The van der Waals surface area contributed by atoms with Gasteiger partial charge < -0.3 is 19.7 Å². The summed E-state index contributed by atoms with van der Waals surface area (Å²) in [6, 6.07) is 1.04. The maximum Gasteiger partial charge on any atom is 0.410 e. The molecule has 3 amide bonds. The van der Waals surface area contributed by atoms with Crippen molar-refractivity contribution >= 4 is 27.8 Å². The molecule has 0 bridgehead atoms. The molecule has 11 nitrogen and oxygen atoms in total. The number of sulfonamides is 1. The number of hydrogen-bond acceptors (Lipinski definition) is 7. The van der Waals surface area contributed by atoms with Crippen LogP contribution in [0.2, 0.25) is 0 Å². The molecule has 0 saturated heterocycles. The molecule has 0 fully saturated rings. The van der Waals surface area contributed by atoms with Crippen LogP contribution in [0.5, 0.6) is 5.88 Å². The van der Waals surface area contributed by atoms with Crippen LogP contribution >= 0.6 is 0 Å². The number of fused-ring (bicyclic) bond motifs is 3. The fourth-order valence-electron chi connectivity index (χ4n) is 5.57. The number of aryl methyl sites for hydroxylation is 2. The summed E-state index contributed by atoms with van der Waals surface area (Å²) in [6.07, 6.45) is 6.42. The van der Waals surface area contributed by atoms with Crippen LogP contribution in [-0.2, 0) is 47.0 Å². The van der Waals surface area contributed by atoms with Crippen LogP contribution in [0, 0.1) is 0 Å². The highest BCUT2D eigenvalue weighted by atomic mass is 32.2. The Labute approximate surface area is 222 Å². The van der Waals surface area contributed by atoms with Crippen molar-refractivity contribution in [2.75, 3.05) is 18.5 Å². The number of anilines is 1. The number of carbonyl (C=O) groups is 2. The van der Waals surface area contributed by atoms with E-state index in [0.29, 0.717) is 6.54 Å². The Morgan fingerprint density at radius 3 is 2.42 bits per heavy atom. The van der Waals surface area contributed by atoms with Crippen molar-refractivity contribution in [1.82, 2.24) is 19.4 Å². The molecule has 2 aromatic rings. The van der Waals surface area contributed by atoms with Crippen molar-refractivity contribution in [2.24, 2.45) is 0 Å². The molecule has 38 heavy (non-hydrogen) atoms. The molecule has 206 valence electrons. The number of nitrogens with zero attached hydrogens (tertiary/aromatic N) is 3. The van der Waals surface area contributed by atoms with Crippen molar-refractivity contribution < 1.29 is 27.5 Å². The zero-order chi connectivity index (χ0) is 27.2. The average Bonchev–Trinajstić information content (AvgIpc) is 3.57. The van der Waals surface area contributed by atoms with Crippen LogP contribution in [0.15, 0.2) is 17.2 Å². The number of ether oxygens (including phenoxy) is 2. The van der Waals surface area contributed by atoms with E-state index in [4.69, 9.17) is 9.47 Å². The van der Waals surface area contributed by atoms with E-state index in [0.717, 1.165) is 61.5 Å². The van der Waals surface area contributed by atoms with Gasteiger partial charge in [0.05, 0.1) is 18.8 Å². The Morgan fingerprint density at radius 1 is 1.16 bits per heavy atom. The van der Waals surface area contributed by atoms with Crippen molar-refractivity contribution in [3.05, 3.63) is 34.5 Å². The van der Waals surface area contributed by atoms with E-state index in [2.05, 4.69) is 21.2 Å². The first-order chi connectivity index (χ1) is 18.0. The average molecular weight is 546 g/mol. The van der Waals surface area contributed by atoms with Crippen LogP contribution in [0.3, 0.4) is 0 Å². The number of carbonyl (C=O) groups excluding carboxylic acids is 2. The summed E-state index contributed by atoms with van der Waals surface area (Å²) in [5, 5.41) is 7.02. The van der Waals surface area contributed by atoms with E-state index in [1.165, 1.54) is 20.7 Å². The van der Waals surface area contributed by atoms with Gasteiger partial charge >= 0.3 is 12.1 Å². The van der Waals surface area contributed by atoms with Gasteiger partial charge in [0.25, 0.3) is 10.0 Å². The van der Waals surface area contributed by atoms with Crippen LogP contribution in [0.4, 0.5) is 15.3 Å². The van der Waals surface area contributed by atoms with Gasteiger partial charge in [0.1, 0.15) is 12.2 Å². The van der Waals surface area contributed by atoms with E-state index < -0.39 is 33.8 Å². The van der Waals surface area contributed by atoms with Gasteiger partial charge in [-0.15, -0.1) is 0 Å². The molecule has 12 heteroatoms. The van der Waals surface area contributed by atoms with Gasteiger partial charge in [-0.1, -0.05) is 6.07 Å². The predicted molar refractivity (Wildman–Crippen MR) is 140 cm³/mol. The van der Waals surface area contributed by atoms with Crippen molar-refractivity contribution in [3.63, 3.8) is 0 Å². The smallest absolute Gasteiger partial charge is 0.410 e. The van der Waals surface area contributed by atoms with Crippen LogP contribution in [0.1, 0.15) is 62.8 Å². The van der Waals surface area contributed by atoms with Crippen LogP contribution < -0.4 is 14.8 Å². The maximum atomic E-state index is 13.2. The quantitative estimate of drug-likeness (QED) is 0.589. The van der Waals surface area contributed by atoms with Crippen molar-refractivity contribution in [3.8, 4) is 5.88 Å². The fraction of sp³-hybridized carbons (Fsp3) is 0.577. The summed E-state index contributed by atoms with van der Waals surface area (Å²) in [4.78, 5) is 26.9. The third-order valence-electron chi connectivity index (χ3n) is 7.19. The third kappa shape index (κ3) is 5.05. The highest BCUT2D eigenvalue weighted by molar-refractivity contribution is 7.90. The van der Waals surface area contributed by atoms with E-state index >= 15 is 0 Å². The molecular weight excluding hydrogens is 510 g/mol. The largest absolute Gasteiger partial charge is 0.475 e. The Morgan fingerprint density at radius 2 is 1.82 bits per heavy atom. The molecule has 0 spiro atoms. The normalized spacial score (nSPS) is 18.2. The van der Waals surface area contributed by atoms with Crippen LogP contribution in [-0.4, -0.2) is 60.0 Å². The summed E-state index contributed by atoms with van der Waals surface area (Å²) >= 11 is 0. The predicted octanol–water partition coefficient (Wildman–Crippen LogP) is 3.39. The zero-order valence-electron chi connectivity index (χ0n) is 22.3. The minimum Gasteiger partial charge on any atom is -0.475 e. The lowest BCUT2D eigenvalue weighted by Crippen LogP contribution is -2.49. The molecular formula is C26H35N5O6S. The summed E-state index contributed by atoms with van der Waals surface area (Å²) in [7, 11) is -4.27. The zero-order valence-corrected chi connectivity index (χ0v) is 23.1. The minimum atomic E-state index is -4.27. The number of benzene rings is 1. The standard InChI is InChI=1S/C26H35N5O6S/c1-5-30(25(33)37-26(2,3)4)18-14-31-23(36-15-18)21(13-27-31)38(34,35)29-24(32)28-22-19-10-6-8-16(19)12-17-9-7-11-20(17)22/h12-13,18H,5-11,14-15H2,1-4H3,(H2,28,29,32)/t18-/m1/s1. The highest BCUT2D eigenvalue weighted by Gasteiger charge is 2.36. The molecule has 0 unspecified atom stereocenters. The number of rotatable bonds is 5. The van der Waals surface area contributed by atoms with Gasteiger partial charge in [-0.3, -0.25) is 0 Å². The maximum absolute atomic E-state index is 13.2. The van der Waals surface area contributed by atoms with Gasteiger partial charge in [0.15, 0.2) is 4.90 Å². The first-order valence-electron chi connectivity index (χ1n) is 13.2. The highest BCUT2D eigenvalue weighted by Crippen LogP contribution is 2.38. The number of hydrogen-bond donors (Lipinski definition) is 2. The molecule has 1 atom stereocenters. The lowest BCUT2D eigenvalue weighted by atomic mass is 9.99. The summed E-state index contributed by atoms with van der Waals surface area (Å²) in [5.41, 5.74) is 4.82. The number of nitrogens with one attached hydrogen (secondary N) is 2. The lowest BCUT2D eigenvalue weighted by molar-refractivity contribution is 0.00407. The first kappa shape index (κ1) is 26.3. The van der Waals surface area contributed by atoms with Gasteiger partial charge in [-0.2, -0.15) is 5.10 Å². The lowest BCUT2D eigenvalue weighted by Gasteiger charge is -2.35.